The molecule has 0 radical (unpaired) electrons. The van der Waals surface area contributed by atoms with Crippen LogP contribution in [0.1, 0.15) is 26.3 Å². The van der Waals surface area contributed by atoms with Gasteiger partial charge in [0.25, 0.3) is 0 Å². The van der Waals surface area contributed by atoms with E-state index in [0.29, 0.717) is 0 Å². The van der Waals surface area contributed by atoms with Crippen LogP contribution in [-0.4, -0.2) is 8.32 Å². The summed E-state index contributed by atoms with van der Waals surface area (Å²) in [5.41, 5.74) is 1.08. The van der Waals surface area contributed by atoms with Crippen LogP contribution >= 0.6 is 15.9 Å². The highest BCUT2D eigenvalue weighted by molar-refractivity contribution is 9.10. The van der Waals surface area contributed by atoms with Crippen molar-refractivity contribution < 1.29 is 4.43 Å². The highest BCUT2D eigenvalue weighted by Gasteiger charge is 2.31. The van der Waals surface area contributed by atoms with Crippen LogP contribution in [0.5, 0.6) is 0 Å². The van der Waals surface area contributed by atoms with Crippen LogP contribution in [0, 0.1) is 0 Å². The molecule has 0 bridgehead atoms. The smallest absolute Gasteiger partial charge is 0.250 e. The summed E-state index contributed by atoms with van der Waals surface area (Å²) in [5, 5.41) is 0. The van der Waals surface area contributed by atoms with Gasteiger partial charge in [0.05, 0.1) is 0 Å². The van der Waals surface area contributed by atoms with Crippen molar-refractivity contribution in [2.45, 2.75) is 38.9 Å². The van der Waals surface area contributed by atoms with Crippen LogP contribution in [0.3, 0.4) is 0 Å². The molecule has 1 nitrogen and oxygen atoms in total. The normalized spacial score (nSPS) is 11.3. The number of halogens is 1. The molecule has 0 amide bonds. The van der Waals surface area contributed by atoms with Crippen LogP contribution in [0.2, 0.25) is 18.1 Å². The van der Waals surface area contributed by atoms with Gasteiger partial charge in [0, 0.05) is 10.0 Å². The summed E-state index contributed by atoms with van der Waals surface area (Å²) >= 11 is 3.44. The van der Waals surface area contributed by atoms with Gasteiger partial charge >= 0.3 is 0 Å². The highest BCUT2D eigenvalue weighted by atomic mass is 79.9. The number of benzene rings is 1. The largest absolute Gasteiger partial charge is 0.544 e. The Kier molecular flexibility index (Phi) is 5.47. The summed E-state index contributed by atoms with van der Waals surface area (Å²) in [7, 11) is -1.59. The lowest BCUT2D eigenvalue weighted by Gasteiger charge is -2.30. The minimum Gasteiger partial charge on any atom is -0.544 e. The Morgan fingerprint density at radius 3 is 2.00 bits per heavy atom. The lowest BCUT2D eigenvalue weighted by atomic mass is 10.2. The first kappa shape index (κ1) is 14.5. The third-order valence-corrected chi connectivity index (χ3v) is 8.51. The molecule has 1 aromatic rings. The molecule has 1 rings (SSSR count). The van der Waals surface area contributed by atoms with Gasteiger partial charge in [-0.2, -0.15) is 0 Å². The van der Waals surface area contributed by atoms with Crippen molar-refractivity contribution >= 4 is 30.0 Å². The standard InChI is InChI=1S/C14H21BrOSi/c1-5-17(6-2,7-3)16-12(4)13-8-10-14(15)11-9-13/h8-11H,4-7H2,1-3H3. The fraction of sp³-hybridized carbons (Fsp3) is 0.429. The summed E-state index contributed by atoms with van der Waals surface area (Å²) in [5.74, 6) is 0.828. The monoisotopic (exact) mass is 312 g/mol. The third kappa shape index (κ3) is 3.71. The topological polar surface area (TPSA) is 9.23 Å². The van der Waals surface area contributed by atoms with Crippen LogP contribution in [0.25, 0.3) is 5.76 Å². The van der Waals surface area contributed by atoms with E-state index in [1.165, 1.54) is 0 Å². The molecule has 0 saturated carbocycles. The van der Waals surface area contributed by atoms with Crippen molar-refractivity contribution in [1.29, 1.82) is 0 Å². The number of rotatable bonds is 6. The molecular formula is C14H21BrOSi. The first-order valence-corrected chi connectivity index (χ1v) is 9.53. The number of hydrogen-bond acceptors (Lipinski definition) is 1. The first-order chi connectivity index (χ1) is 8.06. The van der Waals surface area contributed by atoms with Crippen molar-refractivity contribution in [1.82, 2.24) is 0 Å². The first-order valence-electron chi connectivity index (χ1n) is 6.20. The zero-order chi connectivity index (χ0) is 12.9. The van der Waals surface area contributed by atoms with Crippen molar-refractivity contribution in [3.63, 3.8) is 0 Å². The zero-order valence-corrected chi connectivity index (χ0v) is 13.5. The van der Waals surface area contributed by atoms with Gasteiger partial charge in [-0.05, 0) is 30.3 Å². The van der Waals surface area contributed by atoms with E-state index in [1.807, 2.05) is 24.3 Å². The quantitative estimate of drug-likeness (QED) is 0.502. The Balaban J connectivity index is 2.81. The second-order valence-corrected chi connectivity index (χ2v) is 9.88. The summed E-state index contributed by atoms with van der Waals surface area (Å²) in [6, 6.07) is 11.6. The van der Waals surface area contributed by atoms with Gasteiger partial charge in [0.15, 0.2) is 0 Å². The van der Waals surface area contributed by atoms with E-state index in [2.05, 4.69) is 43.3 Å². The SMILES string of the molecule is C=C(O[Si](CC)(CC)CC)c1ccc(Br)cc1. The molecule has 0 aliphatic heterocycles. The van der Waals surface area contributed by atoms with Gasteiger partial charge in [-0.1, -0.05) is 55.4 Å². The second-order valence-electron chi connectivity index (χ2n) is 4.28. The average molecular weight is 313 g/mol. The van der Waals surface area contributed by atoms with E-state index >= 15 is 0 Å². The van der Waals surface area contributed by atoms with Crippen LogP contribution < -0.4 is 0 Å². The average Bonchev–Trinajstić information content (AvgIpc) is 2.37. The van der Waals surface area contributed by atoms with Crippen LogP contribution in [0.4, 0.5) is 0 Å². The molecule has 0 spiro atoms. The number of hydrogen-bond donors (Lipinski definition) is 0. The third-order valence-electron chi connectivity index (χ3n) is 3.44. The molecule has 0 aromatic heterocycles. The van der Waals surface area contributed by atoms with Crippen LogP contribution in [0.15, 0.2) is 35.3 Å². The zero-order valence-electron chi connectivity index (χ0n) is 10.9. The summed E-state index contributed by atoms with van der Waals surface area (Å²) in [4.78, 5) is 0. The Bertz CT molecular complexity index is 360. The fourth-order valence-corrected chi connectivity index (χ4v) is 4.76. The molecule has 1 aromatic carbocycles. The predicted molar refractivity (Wildman–Crippen MR) is 81.5 cm³/mol. The van der Waals surface area contributed by atoms with E-state index in [9.17, 15) is 0 Å². The van der Waals surface area contributed by atoms with Gasteiger partial charge in [0.1, 0.15) is 5.76 Å². The molecule has 0 unspecified atom stereocenters. The predicted octanol–water partition coefficient (Wildman–Crippen LogP) is 5.44. The molecular weight excluding hydrogens is 292 g/mol. The maximum absolute atomic E-state index is 6.24. The summed E-state index contributed by atoms with van der Waals surface area (Å²) < 4.78 is 7.32. The molecule has 17 heavy (non-hydrogen) atoms. The molecule has 0 N–H and O–H groups in total. The molecule has 3 heteroatoms. The van der Waals surface area contributed by atoms with Crippen molar-refractivity contribution in [3.8, 4) is 0 Å². The van der Waals surface area contributed by atoms with Gasteiger partial charge in [-0.3, -0.25) is 0 Å². The van der Waals surface area contributed by atoms with Gasteiger partial charge in [-0.15, -0.1) is 0 Å². The van der Waals surface area contributed by atoms with E-state index in [4.69, 9.17) is 4.43 Å². The molecule has 0 atom stereocenters. The molecule has 0 aliphatic rings. The summed E-state index contributed by atoms with van der Waals surface area (Å²) in [6.07, 6.45) is 0. The highest BCUT2D eigenvalue weighted by Crippen LogP contribution is 2.28. The lowest BCUT2D eigenvalue weighted by Crippen LogP contribution is -2.34. The second kappa shape index (κ2) is 6.41. The van der Waals surface area contributed by atoms with Crippen LogP contribution in [-0.2, 0) is 4.43 Å². The van der Waals surface area contributed by atoms with E-state index in [-0.39, 0.29) is 0 Å². The fourth-order valence-electron chi connectivity index (χ4n) is 1.92. The van der Waals surface area contributed by atoms with E-state index < -0.39 is 8.32 Å². The van der Waals surface area contributed by atoms with Gasteiger partial charge < -0.3 is 4.43 Å². The molecule has 0 fully saturated rings. The van der Waals surface area contributed by atoms with Gasteiger partial charge in [0.2, 0.25) is 8.32 Å². The maximum Gasteiger partial charge on any atom is 0.250 e. The molecule has 0 aliphatic carbocycles. The van der Waals surface area contributed by atoms with E-state index in [0.717, 1.165) is 33.9 Å². The van der Waals surface area contributed by atoms with Gasteiger partial charge in [-0.25, -0.2) is 0 Å². The van der Waals surface area contributed by atoms with Crippen molar-refractivity contribution in [2.75, 3.05) is 0 Å². The van der Waals surface area contributed by atoms with E-state index in [1.54, 1.807) is 0 Å². The Morgan fingerprint density at radius 1 is 1.12 bits per heavy atom. The minimum absolute atomic E-state index is 0.828. The molecule has 94 valence electrons. The molecule has 0 saturated heterocycles. The Hall–Kier alpha value is -0.543. The molecule has 0 heterocycles. The Labute approximate surface area is 114 Å². The van der Waals surface area contributed by atoms with Crippen molar-refractivity contribution in [3.05, 3.63) is 40.9 Å². The lowest BCUT2D eigenvalue weighted by molar-refractivity contribution is 0.492. The van der Waals surface area contributed by atoms with Crippen molar-refractivity contribution in [2.24, 2.45) is 0 Å². The maximum atomic E-state index is 6.24. The summed E-state index contributed by atoms with van der Waals surface area (Å²) in [6.45, 7) is 10.8. The minimum atomic E-state index is -1.59. The Morgan fingerprint density at radius 2 is 1.59 bits per heavy atom.